The molecule has 0 heterocycles. The van der Waals surface area contributed by atoms with Gasteiger partial charge in [-0.05, 0) is 102 Å². The molecule has 0 aromatic heterocycles. The second-order valence-corrected chi connectivity index (χ2v) is 11.6. The molecule has 1 atom stereocenters. The summed E-state index contributed by atoms with van der Waals surface area (Å²) in [6, 6.07) is 29.9. The summed E-state index contributed by atoms with van der Waals surface area (Å²) >= 11 is 1.62. The smallest absolute Gasteiger partial charge is 0.328 e. The highest BCUT2D eigenvalue weighted by Crippen LogP contribution is 2.30. The Bertz CT molecular complexity index is 1540. The number of benzene rings is 4. The van der Waals surface area contributed by atoms with Gasteiger partial charge in [0.05, 0.1) is 14.2 Å². The summed E-state index contributed by atoms with van der Waals surface area (Å²) in [5, 5.41) is 2.93. The highest BCUT2D eigenvalue weighted by molar-refractivity contribution is 7.98. The van der Waals surface area contributed by atoms with E-state index in [0.29, 0.717) is 25.1 Å². The zero-order chi connectivity index (χ0) is 30.8. The Kier molecular flexibility index (Phi) is 11.3. The number of methoxy groups -OCH3 is 2. The minimum atomic E-state index is -0.714. The van der Waals surface area contributed by atoms with Crippen molar-refractivity contribution in [1.82, 2.24) is 5.32 Å². The number of hydrogen-bond donors (Lipinski definition) is 1. The van der Waals surface area contributed by atoms with Gasteiger partial charge < -0.3 is 19.7 Å². The molecule has 0 fully saturated rings. The molecule has 43 heavy (non-hydrogen) atoms. The molecule has 0 bridgehead atoms. The van der Waals surface area contributed by atoms with Gasteiger partial charge in [-0.25, -0.2) is 4.79 Å². The maximum atomic E-state index is 13.7. The van der Waals surface area contributed by atoms with Crippen molar-refractivity contribution in [2.24, 2.45) is 0 Å². The summed E-state index contributed by atoms with van der Waals surface area (Å²) < 4.78 is 10.5. The fraction of sp³-hybridized carbons (Fsp3) is 0.278. The summed E-state index contributed by atoms with van der Waals surface area (Å²) in [5.74, 6) is 0.824. The average molecular weight is 597 g/mol. The molecule has 0 saturated carbocycles. The summed E-state index contributed by atoms with van der Waals surface area (Å²) in [5.41, 5.74) is 7.83. The molecule has 4 aromatic rings. The molecule has 4 aromatic carbocycles. The number of thioether (sulfide) groups is 1. The van der Waals surface area contributed by atoms with Gasteiger partial charge in [0.15, 0.2) is 0 Å². The molecule has 0 spiro atoms. The third kappa shape index (κ3) is 8.42. The first kappa shape index (κ1) is 31.7. The number of esters is 1. The van der Waals surface area contributed by atoms with Crippen LogP contribution >= 0.6 is 11.8 Å². The summed E-state index contributed by atoms with van der Waals surface area (Å²) in [7, 11) is 3.04. The fourth-order valence-corrected chi connectivity index (χ4v) is 5.67. The van der Waals surface area contributed by atoms with Crippen LogP contribution in [0.15, 0.2) is 91.0 Å². The number of anilines is 1. The molecular formula is C36H40N2O4S. The standard InChI is InChI=1S/C36H40N2O4S/c1-25-19-28(21-30(20-25)41-3)24-38(29-12-7-6-8-13-29)23-27-15-16-32(33(22-27)31-14-10-9-11-26(31)2)35(39)37-34(17-18-43-5)36(40)42-4/h6-16,19-22,34H,17-18,23-24H2,1-5H3,(H,37,39). The fourth-order valence-electron chi connectivity index (χ4n) is 5.20. The van der Waals surface area contributed by atoms with Crippen LogP contribution in [0.3, 0.4) is 0 Å². The van der Waals surface area contributed by atoms with E-state index in [2.05, 4.69) is 47.5 Å². The maximum absolute atomic E-state index is 13.7. The molecule has 0 aliphatic carbocycles. The Labute approximate surface area is 259 Å². The van der Waals surface area contributed by atoms with Crippen molar-refractivity contribution < 1.29 is 19.1 Å². The van der Waals surface area contributed by atoms with E-state index in [1.807, 2.05) is 73.8 Å². The lowest BCUT2D eigenvalue weighted by molar-refractivity contribution is -0.142. The Morgan fingerprint density at radius 1 is 0.837 bits per heavy atom. The monoisotopic (exact) mass is 596 g/mol. The lowest BCUT2D eigenvalue weighted by Gasteiger charge is -2.26. The quantitative estimate of drug-likeness (QED) is 0.165. The predicted molar refractivity (Wildman–Crippen MR) is 177 cm³/mol. The van der Waals surface area contributed by atoms with Crippen LogP contribution in [0, 0.1) is 13.8 Å². The van der Waals surface area contributed by atoms with Crippen LogP contribution < -0.4 is 15.0 Å². The zero-order valence-electron chi connectivity index (χ0n) is 25.6. The minimum absolute atomic E-state index is 0.298. The van der Waals surface area contributed by atoms with E-state index in [0.717, 1.165) is 50.6 Å². The highest BCUT2D eigenvalue weighted by atomic mass is 32.2. The van der Waals surface area contributed by atoms with Crippen LogP contribution in [-0.4, -0.2) is 44.1 Å². The number of amides is 1. The predicted octanol–water partition coefficient (Wildman–Crippen LogP) is 7.21. The SMILES string of the molecule is COC(=O)C(CCSC)NC(=O)c1ccc(CN(Cc2cc(C)cc(OC)c2)c2ccccc2)cc1-c1ccccc1C. The molecule has 1 N–H and O–H groups in total. The van der Waals surface area contributed by atoms with Gasteiger partial charge in [0, 0.05) is 24.3 Å². The van der Waals surface area contributed by atoms with E-state index in [1.165, 1.54) is 7.11 Å². The molecule has 6 nitrogen and oxygen atoms in total. The van der Waals surface area contributed by atoms with Gasteiger partial charge in [0.1, 0.15) is 11.8 Å². The van der Waals surface area contributed by atoms with Gasteiger partial charge >= 0.3 is 5.97 Å². The number of nitrogens with zero attached hydrogens (tertiary/aromatic N) is 1. The van der Waals surface area contributed by atoms with Gasteiger partial charge in [-0.15, -0.1) is 0 Å². The normalized spacial score (nSPS) is 11.5. The van der Waals surface area contributed by atoms with Crippen molar-refractivity contribution >= 4 is 29.3 Å². The molecule has 0 aliphatic rings. The topological polar surface area (TPSA) is 67.9 Å². The van der Waals surface area contributed by atoms with Crippen LogP contribution in [0.4, 0.5) is 5.69 Å². The van der Waals surface area contributed by atoms with Crippen molar-refractivity contribution in [1.29, 1.82) is 0 Å². The van der Waals surface area contributed by atoms with Crippen molar-refractivity contribution in [2.75, 3.05) is 31.1 Å². The van der Waals surface area contributed by atoms with Crippen molar-refractivity contribution in [2.45, 2.75) is 39.4 Å². The minimum Gasteiger partial charge on any atom is -0.497 e. The third-order valence-electron chi connectivity index (χ3n) is 7.38. The van der Waals surface area contributed by atoms with E-state index in [1.54, 1.807) is 18.9 Å². The second kappa shape index (κ2) is 15.3. The summed E-state index contributed by atoms with van der Waals surface area (Å²) in [6.07, 6.45) is 2.46. The molecule has 4 rings (SSSR count). The van der Waals surface area contributed by atoms with E-state index >= 15 is 0 Å². The van der Waals surface area contributed by atoms with Crippen LogP contribution in [0.5, 0.6) is 5.75 Å². The first-order valence-corrected chi connectivity index (χ1v) is 15.7. The molecule has 0 radical (unpaired) electrons. The van der Waals surface area contributed by atoms with Crippen LogP contribution in [0.25, 0.3) is 11.1 Å². The summed E-state index contributed by atoms with van der Waals surface area (Å²) in [4.78, 5) is 28.5. The first-order valence-electron chi connectivity index (χ1n) is 14.3. The lowest BCUT2D eigenvalue weighted by Crippen LogP contribution is -2.42. The first-order chi connectivity index (χ1) is 20.8. The molecule has 224 valence electrons. The van der Waals surface area contributed by atoms with Gasteiger partial charge in [-0.1, -0.05) is 54.6 Å². The number of hydrogen-bond acceptors (Lipinski definition) is 6. The van der Waals surface area contributed by atoms with E-state index in [9.17, 15) is 9.59 Å². The van der Waals surface area contributed by atoms with Crippen molar-refractivity contribution in [3.8, 4) is 16.9 Å². The second-order valence-electron chi connectivity index (χ2n) is 10.6. The van der Waals surface area contributed by atoms with Crippen molar-refractivity contribution in [3.63, 3.8) is 0 Å². The Hall–Kier alpha value is -4.23. The van der Waals surface area contributed by atoms with Crippen LogP contribution in [0.1, 0.15) is 39.0 Å². The largest absolute Gasteiger partial charge is 0.497 e. The van der Waals surface area contributed by atoms with Gasteiger partial charge in [0.2, 0.25) is 0 Å². The number of carbonyl (C=O) groups is 2. The molecule has 1 unspecified atom stereocenters. The number of ether oxygens (including phenoxy) is 2. The highest BCUT2D eigenvalue weighted by Gasteiger charge is 2.24. The van der Waals surface area contributed by atoms with Gasteiger partial charge in [-0.2, -0.15) is 11.8 Å². The Morgan fingerprint density at radius 3 is 2.26 bits per heavy atom. The number of aryl methyl sites for hydroxylation is 2. The van der Waals surface area contributed by atoms with Crippen LogP contribution in [0.2, 0.25) is 0 Å². The third-order valence-corrected chi connectivity index (χ3v) is 8.02. The van der Waals surface area contributed by atoms with Crippen LogP contribution in [-0.2, 0) is 22.6 Å². The number of nitrogens with one attached hydrogen (secondary N) is 1. The molecule has 1 amide bonds. The van der Waals surface area contributed by atoms with Gasteiger partial charge in [0.25, 0.3) is 5.91 Å². The molecule has 7 heteroatoms. The molecule has 0 saturated heterocycles. The zero-order valence-corrected chi connectivity index (χ0v) is 26.4. The van der Waals surface area contributed by atoms with E-state index < -0.39 is 12.0 Å². The molecular weight excluding hydrogens is 556 g/mol. The molecule has 0 aliphatic heterocycles. The Morgan fingerprint density at radius 2 is 1.56 bits per heavy atom. The average Bonchev–Trinajstić information content (AvgIpc) is 3.02. The Balaban J connectivity index is 1.72. The lowest BCUT2D eigenvalue weighted by atomic mass is 9.93. The summed E-state index contributed by atoms with van der Waals surface area (Å²) in [6.45, 7) is 5.42. The van der Waals surface area contributed by atoms with E-state index in [-0.39, 0.29) is 5.91 Å². The number of para-hydroxylation sites is 1. The van der Waals surface area contributed by atoms with E-state index in [4.69, 9.17) is 9.47 Å². The van der Waals surface area contributed by atoms with Gasteiger partial charge in [-0.3, -0.25) is 4.79 Å². The number of carbonyl (C=O) groups excluding carboxylic acids is 2. The van der Waals surface area contributed by atoms with Crippen molar-refractivity contribution in [3.05, 3.63) is 119 Å². The number of rotatable bonds is 13. The maximum Gasteiger partial charge on any atom is 0.328 e.